The number of piperidine rings is 1. The Bertz CT molecular complexity index is 1100. The predicted molar refractivity (Wildman–Crippen MR) is 106 cm³/mol. The summed E-state index contributed by atoms with van der Waals surface area (Å²) in [4.78, 5) is 27.4. The highest BCUT2D eigenvalue weighted by Crippen LogP contribution is 2.35. The molecule has 6 heteroatoms. The summed E-state index contributed by atoms with van der Waals surface area (Å²) < 4.78 is 3.70. The van der Waals surface area contributed by atoms with Crippen LogP contribution in [0.25, 0.3) is 5.69 Å². The third-order valence-corrected chi connectivity index (χ3v) is 6.01. The van der Waals surface area contributed by atoms with Crippen molar-refractivity contribution in [3.05, 3.63) is 82.0 Å². The Labute approximate surface area is 163 Å². The Balaban J connectivity index is 1.43. The van der Waals surface area contributed by atoms with Crippen molar-refractivity contribution < 1.29 is 4.79 Å². The fourth-order valence-corrected chi connectivity index (χ4v) is 4.68. The summed E-state index contributed by atoms with van der Waals surface area (Å²) in [5.74, 6) is 0.565. The topological polar surface area (TPSA) is 60.1 Å². The minimum Gasteiger partial charge on any atom is -0.338 e. The summed E-state index contributed by atoms with van der Waals surface area (Å²) in [5.41, 5.74) is 3.56. The third-order valence-electron chi connectivity index (χ3n) is 6.01. The average molecular weight is 374 g/mol. The number of aromatic nitrogens is 3. The van der Waals surface area contributed by atoms with Crippen LogP contribution in [0, 0.1) is 12.8 Å². The van der Waals surface area contributed by atoms with Crippen molar-refractivity contribution in [2.24, 2.45) is 5.92 Å². The number of hydrogen-bond acceptors (Lipinski definition) is 3. The van der Waals surface area contributed by atoms with Crippen LogP contribution >= 0.6 is 0 Å². The van der Waals surface area contributed by atoms with Crippen LogP contribution in [-0.4, -0.2) is 38.2 Å². The Hall–Kier alpha value is -3.15. The largest absolute Gasteiger partial charge is 0.338 e. The van der Waals surface area contributed by atoms with Crippen molar-refractivity contribution in [3.8, 4) is 5.69 Å². The van der Waals surface area contributed by atoms with Crippen LogP contribution in [0.2, 0.25) is 0 Å². The maximum absolute atomic E-state index is 13.3. The van der Waals surface area contributed by atoms with Crippen molar-refractivity contribution in [3.63, 3.8) is 0 Å². The number of nitrogens with zero attached hydrogens (tertiary/aromatic N) is 4. The molecule has 5 rings (SSSR count). The van der Waals surface area contributed by atoms with Crippen LogP contribution in [-0.2, 0) is 6.54 Å². The SMILES string of the molecule is Cc1c(C(=O)N2C[C@H]3C[C@H](C2)c2cccc(=O)n2C3)cnn1-c1ccccc1. The second-order valence-corrected chi connectivity index (χ2v) is 7.80. The second kappa shape index (κ2) is 6.48. The molecule has 28 heavy (non-hydrogen) atoms. The number of benzene rings is 1. The Morgan fingerprint density at radius 3 is 2.68 bits per heavy atom. The fraction of sp³-hybridized carbons (Fsp3) is 0.318. The molecule has 6 nitrogen and oxygen atoms in total. The quantitative estimate of drug-likeness (QED) is 0.693. The molecule has 1 saturated heterocycles. The molecule has 1 fully saturated rings. The number of pyridine rings is 1. The molecular formula is C22H22N4O2. The van der Waals surface area contributed by atoms with Gasteiger partial charge in [-0.25, -0.2) is 4.68 Å². The molecule has 2 aromatic heterocycles. The average Bonchev–Trinajstić information content (AvgIpc) is 3.10. The highest BCUT2D eigenvalue weighted by Gasteiger charge is 2.37. The minimum atomic E-state index is 0.0288. The standard InChI is InChI=1S/C22H22N4O2/c1-15-19(11-23-26(15)18-6-3-2-4-7-18)22(28)24-12-16-10-17(14-24)20-8-5-9-21(27)25(20)13-16/h2-9,11,16-17H,10,12-14H2,1H3/t16-,17-/m1/s1. The maximum Gasteiger partial charge on any atom is 0.257 e. The van der Waals surface area contributed by atoms with Gasteiger partial charge < -0.3 is 9.47 Å². The van der Waals surface area contributed by atoms with E-state index in [9.17, 15) is 9.59 Å². The molecule has 0 radical (unpaired) electrons. The van der Waals surface area contributed by atoms with Crippen molar-refractivity contribution in [1.82, 2.24) is 19.2 Å². The van der Waals surface area contributed by atoms with Gasteiger partial charge in [-0.05, 0) is 37.5 Å². The molecule has 0 N–H and O–H groups in total. The molecule has 0 unspecified atom stereocenters. The van der Waals surface area contributed by atoms with Gasteiger partial charge in [-0.3, -0.25) is 9.59 Å². The van der Waals surface area contributed by atoms with E-state index in [2.05, 4.69) is 5.10 Å². The predicted octanol–water partition coefficient (Wildman–Crippen LogP) is 2.60. The van der Waals surface area contributed by atoms with E-state index in [1.165, 1.54) is 0 Å². The summed E-state index contributed by atoms with van der Waals surface area (Å²) in [5, 5.41) is 4.45. The number of rotatable bonds is 2. The molecule has 0 aliphatic carbocycles. The van der Waals surface area contributed by atoms with E-state index in [1.54, 1.807) is 12.3 Å². The zero-order valence-corrected chi connectivity index (χ0v) is 15.8. The lowest BCUT2D eigenvalue weighted by molar-refractivity contribution is 0.0594. The monoisotopic (exact) mass is 374 g/mol. The molecule has 1 aromatic carbocycles. The number of carbonyl (C=O) groups excluding carboxylic acids is 1. The van der Waals surface area contributed by atoms with Crippen molar-refractivity contribution >= 4 is 5.91 Å². The Kier molecular flexibility index (Phi) is 3.93. The molecule has 2 bridgehead atoms. The first-order valence-corrected chi connectivity index (χ1v) is 9.71. The first kappa shape index (κ1) is 17.0. The van der Waals surface area contributed by atoms with E-state index in [0.717, 1.165) is 23.5 Å². The van der Waals surface area contributed by atoms with Gasteiger partial charge in [0.15, 0.2) is 0 Å². The first-order chi connectivity index (χ1) is 13.6. The number of hydrogen-bond donors (Lipinski definition) is 0. The van der Waals surface area contributed by atoms with Gasteiger partial charge in [0.1, 0.15) is 0 Å². The van der Waals surface area contributed by atoms with E-state index < -0.39 is 0 Å². The lowest BCUT2D eigenvalue weighted by atomic mass is 9.83. The van der Waals surface area contributed by atoms with Crippen LogP contribution in [0.15, 0.2) is 59.5 Å². The zero-order chi connectivity index (χ0) is 19.3. The zero-order valence-electron chi connectivity index (χ0n) is 15.8. The van der Waals surface area contributed by atoms with Gasteiger partial charge in [-0.2, -0.15) is 5.10 Å². The lowest BCUT2D eigenvalue weighted by Gasteiger charge is -2.42. The van der Waals surface area contributed by atoms with Gasteiger partial charge in [-0.15, -0.1) is 0 Å². The summed E-state index contributed by atoms with van der Waals surface area (Å²) >= 11 is 0. The van der Waals surface area contributed by atoms with E-state index in [1.807, 2.05) is 63.5 Å². The van der Waals surface area contributed by atoms with Gasteiger partial charge in [0.05, 0.1) is 23.1 Å². The molecule has 1 amide bonds. The van der Waals surface area contributed by atoms with E-state index >= 15 is 0 Å². The van der Waals surface area contributed by atoms with Crippen LogP contribution < -0.4 is 5.56 Å². The smallest absolute Gasteiger partial charge is 0.257 e. The molecule has 2 aliphatic heterocycles. The molecular weight excluding hydrogens is 352 g/mol. The number of carbonyl (C=O) groups is 1. The maximum atomic E-state index is 13.3. The molecule has 0 saturated carbocycles. The van der Waals surface area contributed by atoms with Crippen molar-refractivity contribution in [1.29, 1.82) is 0 Å². The number of fused-ring (bicyclic) bond motifs is 4. The molecule has 4 heterocycles. The van der Waals surface area contributed by atoms with Crippen molar-refractivity contribution in [2.45, 2.75) is 25.8 Å². The first-order valence-electron chi connectivity index (χ1n) is 9.71. The van der Waals surface area contributed by atoms with Gasteiger partial charge >= 0.3 is 0 Å². The lowest BCUT2D eigenvalue weighted by Crippen LogP contribution is -2.49. The molecule has 142 valence electrons. The van der Waals surface area contributed by atoms with E-state index in [-0.39, 0.29) is 17.4 Å². The number of amides is 1. The molecule has 2 atom stereocenters. The summed E-state index contributed by atoms with van der Waals surface area (Å²) in [6, 6.07) is 15.3. The number of likely N-dealkylation sites (tertiary alicyclic amines) is 1. The molecule has 0 spiro atoms. The fourth-order valence-electron chi connectivity index (χ4n) is 4.68. The van der Waals surface area contributed by atoms with Crippen molar-refractivity contribution in [2.75, 3.05) is 13.1 Å². The summed E-state index contributed by atoms with van der Waals surface area (Å²) in [6.07, 6.45) is 2.71. The van der Waals surface area contributed by atoms with E-state index in [0.29, 0.717) is 31.1 Å². The Morgan fingerprint density at radius 2 is 1.86 bits per heavy atom. The van der Waals surface area contributed by atoms with Crippen LogP contribution in [0.5, 0.6) is 0 Å². The van der Waals surface area contributed by atoms with Crippen LogP contribution in [0.1, 0.15) is 34.1 Å². The highest BCUT2D eigenvalue weighted by molar-refractivity contribution is 5.95. The number of para-hydroxylation sites is 1. The third kappa shape index (κ3) is 2.68. The molecule has 3 aromatic rings. The minimum absolute atomic E-state index is 0.0288. The van der Waals surface area contributed by atoms with Crippen LogP contribution in [0.3, 0.4) is 0 Å². The van der Waals surface area contributed by atoms with Gasteiger partial charge in [0, 0.05) is 37.3 Å². The van der Waals surface area contributed by atoms with Gasteiger partial charge in [-0.1, -0.05) is 24.3 Å². The van der Waals surface area contributed by atoms with Gasteiger partial charge in [0.2, 0.25) is 0 Å². The Morgan fingerprint density at radius 1 is 1.04 bits per heavy atom. The van der Waals surface area contributed by atoms with E-state index in [4.69, 9.17) is 0 Å². The normalized spacial score (nSPS) is 20.7. The summed E-state index contributed by atoms with van der Waals surface area (Å²) in [6.45, 7) is 3.96. The van der Waals surface area contributed by atoms with Crippen LogP contribution in [0.4, 0.5) is 0 Å². The highest BCUT2D eigenvalue weighted by atomic mass is 16.2. The second-order valence-electron chi connectivity index (χ2n) is 7.80. The molecule has 2 aliphatic rings. The van der Waals surface area contributed by atoms with Gasteiger partial charge in [0.25, 0.3) is 11.5 Å². The summed E-state index contributed by atoms with van der Waals surface area (Å²) in [7, 11) is 0.